The van der Waals surface area contributed by atoms with Crippen LogP contribution in [0.3, 0.4) is 0 Å². The van der Waals surface area contributed by atoms with E-state index in [1.165, 1.54) is 5.56 Å². The molecule has 1 unspecified atom stereocenters. The van der Waals surface area contributed by atoms with Gasteiger partial charge < -0.3 is 5.32 Å². The zero-order chi connectivity index (χ0) is 14.7. The summed E-state index contributed by atoms with van der Waals surface area (Å²) in [6.07, 6.45) is 1.82. The number of halogens is 2. The minimum Gasteiger partial charge on any atom is -0.316 e. The third-order valence-electron chi connectivity index (χ3n) is 3.55. The molecule has 0 amide bonds. The molecule has 1 N–H and O–H groups in total. The molecule has 1 atom stereocenters. The van der Waals surface area contributed by atoms with Crippen molar-refractivity contribution in [2.24, 2.45) is 7.05 Å². The highest BCUT2D eigenvalue weighted by molar-refractivity contribution is 9.10. The normalized spacial score (nSPS) is 12.7. The van der Waals surface area contributed by atoms with Crippen LogP contribution in [0.25, 0.3) is 0 Å². The van der Waals surface area contributed by atoms with Crippen molar-refractivity contribution in [3.8, 4) is 0 Å². The van der Waals surface area contributed by atoms with Crippen molar-refractivity contribution in [3.05, 3.63) is 50.7 Å². The van der Waals surface area contributed by atoms with E-state index in [1.807, 2.05) is 27.1 Å². The summed E-state index contributed by atoms with van der Waals surface area (Å²) in [6.45, 7) is 2.01. The summed E-state index contributed by atoms with van der Waals surface area (Å²) in [7, 11) is 3.86. The molecule has 1 aromatic carbocycles. The van der Waals surface area contributed by atoms with Gasteiger partial charge in [0.25, 0.3) is 0 Å². The fraction of sp³-hybridized carbons (Fsp3) is 0.400. The van der Waals surface area contributed by atoms with E-state index in [4.69, 9.17) is 11.6 Å². The maximum absolute atomic E-state index is 6.31. The van der Waals surface area contributed by atoms with Gasteiger partial charge in [0.15, 0.2) is 0 Å². The summed E-state index contributed by atoms with van der Waals surface area (Å²) >= 11 is 9.91. The number of nitrogens with one attached hydrogen (secondary N) is 1. The lowest BCUT2D eigenvalue weighted by atomic mass is 9.99. The van der Waals surface area contributed by atoms with Crippen molar-refractivity contribution in [2.45, 2.75) is 25.8 Å². The first-order chi connectivity index (χ1) is 9.52. The first kappa shape index (κ1) is 15.5. The van der Waals surface area contributed by atoms with Crippen LogP contribution < -0.4 is 5.32 Å². The second-order valence-corrected chi connectivity index (χ2v) is 6.18. The Morgan fingerprint density at radius 3 is 2.60 bits per heavy atom. The molecular formula is C15H19BrClN3. The molecule has 2 rings (SSSR count). The van der Waals surface area contributed by atoms with Crippen LogP contribution in [0.15, 0.2) is 28.7 Å². The summed E-state index contributed by atoms with van der Waals surface area (Å²) < 4.78 is 2.88. The Kier molecular flexibility index (Phi) is 5.24. The third-order valence-corrected chi connectivity index (χ3v) is 4.80. The zero-order valence-electron chi connectivity index (χ0n) is 12.0. The number of nitrogens with zero attached hydrogens (tertiary/aromatic N) is 2. The molecule has 0 saturated carbocycles. The predicted octanol–water partition coefficient (Wildman–Crippen LogP) is 3.52. The van der Waals surface area contributed by atoms with Gasteiger partial charge in [-0.3, -0.25) is 4.68 Å². The molecule has 5 heteroatoms. The van der Waals surface area contributed by atoms with Gasteiger partial charge in [-0.05, 0) is 38.4 Å². The Morgan fingerprint density at radius 1 is 1.35 bits per heavy atom. The fourth-order valence-electron chi connectivity index (χ4n) is 2.36. The van der Waals surface area contributed by atoms with Crippen LogP contribution in [-0.4, -0.2) is 22.9 Å². The molecule has 0 spiro atoms. The van der Waals surface area contributed by atoms with Gasteiger partial charge in [-0.25, -0.2) is 0 Å². The Labute approximate surface area is 133 Å². The van der Waals surface area contributed by atoms with E-state index in [0.29, 0.717) is 6.04 Å². The van der Waals surface area contributed by atoms with E-state index in [9.17, 15) is 0 Å². The van der Waals surface area contributed by atoms with Gasteiger partial charge in [-0.15, -0.1) is 0 Å². The lowest BCUT2D eigenvalue weighted by molar-refractivity contribution is 0.554. The third kappa shape index (κ3) is 3.43. The van der Waals surface area contributed by atoms with E-state index < -0.39 is 0 Å². The molecule has 0 aliphatic carbocycles. The number of hydrogen-bond acceptors (Lipinski definition) is 2. The number of rotatable bonds is 5. The molecule has 1 aromatic heterocycles. The smallest absolute Gasteiger partial charge is 0.130 e. The lowest BCUT2D eigenvalue weighted by Gasteiger charge is -2.17. The average molecular weight is 357 g/mol. The van der Waals surface area contributed by atoms with Gasteiger partial charge in [0.05, 0.1) is 5.69 Å². The van der Waals surface area contributed by atoms with Crippen LogP contribution in [0.1, 0.15) is 16.8 Å². The molecule has 0 aliphatic rings. The molecule has 2 aromatic rings. The van der Waals surface area contributed by atoms with Crippen molar-refractivity contribution in [1.82, 2.24) is 15.1 Å². The molecule has 0 aliphatic heterocycles. The van der Waals surface area contributed by atoms with Crippen LogP contribution in [0.4, 0.5) is 0 Å². The van der Waals surface area contributed by atoms with E-state index in [0.717, 1.165) is 33.7 Å². The number of likely N-dealkylation sites (N-methyl/N-ethyl adjacent to an activating group) is 1. The van der Waals surface area contributed by atoms with Crippen molar-refractivity contribution in [3.63, 3.8) is 0 Å². The fourth-order valence-corrected chi connectivity index (χ4v) is 3.06. The van der Waals surface area contributed by atoms with Crippen LogP contribution in [0.5, 0.6) is 0 Å². The number of aryl methyl sites for hydroxylation is 2. The topological polar surface area (TPSA) is 29.9 Å². The Bertz CT molecular complexity index is 595. The van der Waals surface area contributed by atoms with E-state index in [-0.39, 0.29) is 0 Å². The summed E-state index contributed by atoms with van der Waals surface area (Å²) in [6, 6.07) is 8.64. The van der Waals surface area contributed by atoms with Gasteiger partial charge in [0, 0.05) is 23.1 Å². The maximum atomic E-state index is 6.31. The summed E-state index contributed by atoms with van der Waals surface area (Å²) in [5.41, 5.74) is 3.43. The maximum Gasteiger partial charge on any atom is 0.130 e. The largest absolute Gasteiger partial charge is 0.316 e. The van der Waals surface area contributed by atoms with Crippen LogP contribution in [0, 0.1) is 6.92 Å². The number of benzene rings is 1. The summed E-state index contributed by atoms with van der Waals surface area (Å²) in [4.78, 5) is 0. The van der Waals surface area contributed by atoms with E-state index in [2.05, 4.69) is 44.5 Å². The monoisotopic (exact) mass is 355 g/mol. The Hall–Kier alpha value is -0.840. The molecule has 0 bridgehead atoms. The molecule has 108 valence electrons. The molecule has 0 fully saturated rings. The highest BCUT2D eigenvalue weighted by Crippen LogP contribution is 2.23. The van der Waals surface area contributed by atoms with Crippen molar-refractivity contribution < 1.29 is 0 Å². The quantitative estimate of drug-likeness (QED) is 0.888. The minimum absolute atomic E-state index is 0.328. The Morgan fingerprint density at radius 2 is 2.05 bits per heavy atom. The molecule has 20 heavy (non-hydrogen) atoms. The zero-order valence-corrected chi connectivity index (χ0v) is 14.3. The highest BCUT2D eigenvalue weighted by Gasteiger charge is 2.17. The van der Waals surface area contributed by atoms with Crippen LogP contribution in [0.2, 0.25) is 5.15 Å². The molecule has 0 radical (unpaired) electrons. The van der Waals surface area contributed by atoms with Crippen molar-refractivity contribution in [1.29, 1.82) is 0 Å². The first-order valence-corrected chi connectivity index (χ1v) is 7.78. The van der Waals surface area contributed by atoms with Crippen LogP contribution >= 0.6 is 27.5 Å². The van der Waals surface area contributed by atoms with Crippen molar-refractivity contribution in [2.75, 3.05) is 7.05 Å². The predicted molar refractivity (Wildman–Crippen MR) is 87.4 cm³/mol. The van der Waals surface area contributed by atoms with Crippen LogP contribution in [-0.2, 0) is 19.9 Å². The number of hydrogen-bond donors (Lipinski definition) is 1. The second-order valence-electron chi connectivity index (χ2n) is 4.96. The van der Waals surface area contributed by atoms with Gasteiger partial charge in [-0.1, -0.05) is 45.7 Å². The van der Waals surface area contributed by atoms with Gasteiger partial charge in [-0.2, -0.15) is 5.10 Å². The molecular weight excluding hydrogens is 338 g/mol. The van der Waals surface area contributed by atoms with E-state index >= 15 is 0 Å². The molecule has 1 heterocycles. The first-order valence-electron chi connectivity index (χ1n) is 6.61. The standard InChI is InChI=1S/C15H19BrClN3/c1-10-13(15(17)20(3)19-10)9-12(18-2)8-11-6-4-5-7-14(11)16/h4-7,12,18H,8-9H2,1-3H3. The SMILES string of the molecule is CNC(Cc1ccccc1Br)Cc1c(C)nn(C)c1Cl. The van der Waals surface area contributed by atoms with Gasteiger partial charge in [0.1, 0.15) is 5.15 Å². The summed E-state index contributed by atoms with van der Waals surface area (Å²) in [5, 5.41) is 8.48. The highest BCUT2D eigenvalue weighted by atomic mass is 79.9. The number of aromatic nitrogens is 2. The van der Waals surface area contributed by atoms with Gasteiger partial charge in [0.2, 0.25) is 0 Å². The molecule has 0 saturated heterocycles. The van der Waals surface area contributed by atoms with Gasteiger partial charge >= 0.3 is 0 Å². The minimum atomic E-state index is 0.328. The Balaban J connectivity index is 2.15. The van der Waals surface area contributed by atoms with Crippen molar-refractivity contribution >= 4 is 27.5 Å². The lowest BCUT2D eigenvalue weighted by Crippen LogP contribution is -2.30. The molecule has 3 nitrogen and oxygen atoms in total. The summed E-state index contributed by atoms with van der Waals surface area (Å²) in [5.74, 6) is 0. The van der Waals surface area contributed by atoms with E-state index in [1.54, 1.807) is 4.68 Å². The second kappa shape index (κ2) is 6.74. The average Bonchev–Trinajstić information content (AvgIpc) is 2.66.